The monoisotopic (exact) mass is 487 g/mol. The van der Waals surface area contributed by atoms with Gasteiger partial charge in [0.15, 0.2) is 12.4 Å². The molecule has 0 bridgehead atoms. The van der Waals surface area contributed by atoms with Gasteiger partial charge in [-0.25, -0.2) is 5.43 Å². The van der Waals surface area contributed by atoms with Crippen molar-refractivity contribution < 1.29 is 23.5 Å². The van der Waals surface area contributed by atoms with Crippen molar-refractivity contribution in [3.05, 3.63) is 89.9 Å². The van der Waals surface area contributed by atoms with Crippen molar-refractivity contribution in [3.63, 3.8) is 0 Å². The van der Waals surface area contributed by atoms with Gasteiger partial charge in [0.05, 0.1) is 6.21 Å². The fourth-order valence-corrected chi connectivity index (χ4v) is 3.37. The van der Waals surface area contributed by atoms with Crippen LogP contribution in [0.25, 0.3) is 6.08 Å². The highest BCUT2D eigenvalue weighted by Gasteiger charge is 2.23. The van der Waals surface area contributed by atoms with E-state index in [0.29, 0.717) is 23.0 Å². The Bertz CT molecular complexity index is 1220. The van der Waals surface area contributed by atoms with Gasteiger partial charge in [0.1, 0.15) is 36.2 Å². The second kappa shape index (κ2) is 12.3. The molecular formula is C28H29N3O5. The van der Waals surface area contributed by atoms with Gasteiger partial charge in [0, 0.05) is 12.1 Å². The highest BCUT2D eigenvalue weighted by Crippen LogP contribution is 2.33. The normalized spacial score (nSPS) is 11.2. The first-order chi connectivity index (χ1) is 17.3. The van der Waals surface area contributed by atoms with Crippen LogP contribution in [0.5, 0.6) is 11.5 Å². The van der Waals surface area contributed by atoms with Crippen LogP contribution in [-0.4, -0.2) is 44.4 Å². The second-order valence-electron chi connectivity index (χ2n) is 8.40. The molecule has 8 heteroatoms. The maximum absolute atomic E-state index is 12.1. The summed E-state index contributed by atoms with van der Waals surface area (Å²) in [5.74, 6) is 1.87. The lowest BCUT2D eigenvalue weighted by atomic mass is 9.78. The van der Waals surface area contributed by atoms with Crippen molar-refractivity contribution in [1.82, 2.24) is 5.43 Å². The van der Waals surface area contributed by atoms with E-state index in [0.717, 1.165) is 11.1 Å². The number of hydrogen-bond acceptors (Lipinski definition) is 7. The van der Waals surface area contributed by atoms with E-state index >= 15 is 0 Å². The number of carbonyl (C=O) groups excluding carboxylic acids is 2. The van der Waals surface area contributed by atoms with E-state index in [2.05, 4.69) is 42.7 Å². The minimum absolute atomic E-state index is 0.00473. The average molecular weight is 488 g/mol. The number of hydrazone groups is 1. The van der Waals surface area contributed by atoms with Crippen LogP contribution in [0.3, 0.4) is 0 Å². The molecule has 0 radical (unpaired) electrons. The lowest BCUT2D eigenvalue weighted by Crippen LogP contribution is -2.24. The molecule has 2 aromatic carbocycles. The fourth-order valence-electron chi connectivity index (χ4n) is 3.37. The summed E-state index contributed by atoms with van der Waals surface area (Å²) in [5, 5.41) is 3.31. The van der Waals surface area contributed by atoms with Gasteiger partial charge in [-0.1, -0.05) is 44.7 Å². The zero-order chi connectivity index (χ0) is 26.0. The minimum atomic E-state index is -0.373. The Kier molecular flexibility index (Phi) is 8.94. The predicted octanol–water partition coefficient (Wildman–Crippen LogP) is 4.43. The summed E-state index contributed by atoms with van der Waals surface area (Å²) in [6.45, 7) is 10.8. The van der Waals surface area contributed by atoms with Crippen LogP contribution in [0.15, 0.2) is 81.8 Å². The molecule has 186 valence electrons. The third-order valence-corrected chi connectivity index (χ3v) is 5.46. The molecular weight excluding hydrogens is 458 g/mol. The van der Waals surface area contributed by atoms with Gasteiger partial charge < -0.3 is 13.9 Å². The number of Topliss-reactive ketones (excluding diaryl/α,β-unsaturated/α-hetero) is 1. The zero-order valence-electron chi connectivity index (χ0n) is 20.4. The van der Waals surface area contributed by atoms with Gasteiger partial charge >= 0.3 is 0 Å². The third-order valence-electron chi connectivity index (χ3n) is 5.46. The summed E-state index contributed by atoms with van der Waals surface area (Å²) in [6, 6.07) is 18.7. The van der Waals surface area contributed by atoms with Crippen LogP contribution in [0, 0.1) is 0 Å². The van der Waals surface area contributed by atoms with Gasteiger partial charge in [-0.15, -0.1) is 0 Å². The average Bonchev–Trinajstić information content (AvgIpc) is 3.35. The van der Waals surface area contributed by atoms with E-state index in [4.69, 9.17) is 13.9 Å². The Morgan fingerprint density at radius 2 is 1.47 bits per heavy atom. The van der Waals surface area contributed by atoms with Gasteiger partial charge in [0.2, 0.25) is 0 Å². The SMILES string of the molecule is C=Cc1ccc(C=NCC(=O)COc2ccc(C(C)(C)c3ccc(OCC(=O)NN=C)cc3)cc2)o1. The van der Waals surface area contributed by atoms with Crippen LogP contribution in [-0.2, 0) is 15.0 Å². The summed E-state index contributed by atoms with van der Waals surface area (Å²) in [4.78, 5) is 27.6. The largest absolute Gasteiger partial charge is 0.486 e. The summed E-state index contributed by atoms with van der Waals surface area (Å²) < 4.78 is 16.5. The molecule has 0 aliphatic heterocycles. The van der Waals surface area contributed by atoms with Crippen LogP contribution in [0.1, 0.15) is 36.5 Å². The number of rotatable bonds is 13. The molecule has 8 nitrogen and oxygen atoms in total. The Morgan fingerprint density at radius 1 is 0.917 bits per heavy atom. The molecule has 0 aliphatic rings. The van der Waals surface area contributed by atoms with Crippen molar-refractivity contribution >= 4 is 30.7 Å². The molecule has 0 atom stereocenters. The molecule has 1 amide bonds. The van der Waals surface area contributed by atoms with E-state index in [9.17, 15) is 9.59 Å². The van der Waals surface area contributed by atoms with E-state index in [1.54, 1.807) is 18.2 Å². The van der Waals surface area contributed by atoms with E-state index in [1.165, 1.54) is 6.21 Å². The first kappa shape index (κ1) is 26.2. The van der Waals surface area contributed by atoms with E-state index in [-0.39, 0.29) is 36.9 Å². The lowest BCUT2D eigenvalue weighted by molar-refractivity contribution is -0.123. The first-order valence-corrected chi connectivity index (χ1v) is 11.3. The summed E-state index contributed by atoms with van der Waals surface area (Å²) in [5.41, 5.74) is 4.08. The number of furan rings is 1. The van der Waals surface area contributed by atoms with Gasteiger partial charge in [0.25, 0.3) is 5.91 Å². The number of hydrogen-bond donors (Lipinski definition) is 1. The molecule has 0 aliphatic carbocycles. The summed E-state index contributed by atoms with van der Waals surface area (Å²) >= 11 is 0. The molecule has 1 heterocycles. The molecule has 1 aromatic heterocycles. The standard InChI is InChI=1S/C28H29N3O5/c1-5-23-14-15-26(36-23)17-30-16-22(32)18-34-24-10-6-20(7-11-24)28(2,3)21-8-12-25(13-9-21)35-19-27(33)31-29-4/h5-15,17H,1,4,16,18-19H2,2-3H3,(H,31,33). The number of nitrogens with zero attached hydrogens (tertiary/aromatic N) is 2. The van der Waals surface area contributed by atoms with Crippen LogP contribution >= 0.6 is 0 Å². The topological polar surface area (TPSA) is 102 Å². The maximum Gasteiger partial charge on any atom is 0.277 e. The van der Waals surface area contributed by atoms with Crippen molar-refractivity contribution in [1.29, 1.82) is 0 Å². The van der Waals surface area contributed by atoms with Crippen molar-refractivity contribution in [2.75, 3.05) is 19.8 Å². The molecule has 3 rings (SSSR count). The zero-order valence-corrected chi connectivity index (χ0v) is 20.4. The highest BCUT2D eigenvalue weighted by molar-refractivity contribution is 5.85. The highest BCUT2D eigenvalue weighted by atomic mass is 16.5. The number of ether oxygens (including phenoxy) is 2. The number of aliphatic imine (C=N–C) groups is 1. The predicted molar refractivity (Wildman–Crippen MR) is 140 cm³/mol. The van der Waals surface area contributed by atoms with E-state index < -0.39 is 0 Å². The molecule has 0 fully saturated rings. The Hall–Kier alpha value is -4.46. The third kappa shape index (κ3) is 7.27. The Morgan fingerprint density at radius 3 is 2.00 bits per heavy atom. The van der Waals surface area contributed by atoms with Crippen LogP contribution < -0.4 is 14.9 Å². The number of carbonyl (C=O) groups is 2. The Labute approximate surface area is 210 Å². The fraction of sp³-hybridized carbons (Fsp3) is 0.214. The first-order valence-electron chi connectivity index (χ1n) is 11.3. The van der Waals surface area contributed by atoms with Crippen LogP contribution in [0.2, 0.25) is 0 Å². The van der Waals surface area contributed by atoms with Crippen molar-refractivity contribution in [2.24, 2.45) is 10.1 Å². The van der Waals surface area contributed by atoms with E-state index in [1.807, 2.05) is 48.5 Å². The molecule has 1 N–H and O–H groups in total. The second-order valence-corrected chi connectivity index (χ2v) is 8.40. The minimum Gasteiger partial charge on any atom is -0.486 e. The van der Waals surface area contributed by atoms with Gasteiger partial charge in [-0.2, -0.15) is 5.10 Å². The molecule has 36 heavy (non-hydrogen) atoms. The number of amides is 1. The molecule has 0 saturated carbocycles. The maximum atomic E-state index is 12.1. The number of ketones is 1. The van der Waals surface area contributed by atoms with Crippen LogP contribution in [0.4, 0.5) is 0 Å². The quantitative estimate of drug-likeness (QED) is 0.284. The smallest absolute Gasteiger partial charge is 0.277 e. The lowest BCUT2D eigenvalue weighted by Gasteiger charge is -2.26. The number of nitrogens with one attached hydrogen (secondary N) is 1. The molecule has 0 spiro atoms. The van der Waals surface area contributed by atoms with Gasteiger partial charge in [-0.3, -0.25) is 14.6 Å². The summed E-state index contributed by atoms with van der Waals surface area (Å²) in [6.07, 6.45) is 3.11. The Balaban J connectivity index is 1.51. The summed E-state index contributed by atoms with van der Waals surface area (Å²) in [7, 11) is 0. The van der Waals surface area contributed by atoms with Gasteiger partial charge in [-0.05, 0) is 53.6 Å². The molecule has 3 aromatic rings. The van der Waals surface area contributed by atoms with Crippen molar-refractivity contribution in [2.45, 2.75) is 19.3 Å². The van der Waals surface area contributed by atoms with Crippen molar-refractivity contribution in [3.8, 4) is 11.5 Å². The molecule has 0 unspecified atom stereocenters. The number of benzene rings is 2. The molecule has 0 saturated heterocycles.